The van der Waals surface area contributed by atoms with E-state index in [9.17, 15) is 5.48 Å². The Morgan fingerprint density at radius 2 is 0.911 bits per heavy atom. The van der Waals surface area contributed by atoms with Crippen LogP contribution in [-0.4, -0.2) is 0 Å². The molecule has 1 aromatic heterocycles. The van der Waals surface area contributed by atoms with Gasteiger partial charge in [0.25, 0.3) is 0 Å². The van der Waals surface area contributed by atoms with E-state index < -0.39 is 24.2 Å². The van der Waals surface area contributed by atoms with Gasteiger partial charge in [0.15, 0.2) is 0 Å². The fourth-order valence-electron chi connectivity index (χ4n) is 6.44. The van der Waals surface area contributed by atoms with Crippen molar-refractivity contribution in [1.82, 2.24) is 0 Å². The van der Waals surface area contributed by atoms with Gasteiger partial charge >= 0.3 is 0 Å². The van der Waals surface area contributed by atoms with E-state index in [1.165, 1.54) is 0 Å². The predicted molar refractivity (Wildman–Crippen MR) is 190 cm³/mol. The van der Waals surface area contributed by atoms with Gasteiger partial charge in [0.2, 0.25) is 0 Å². The second-order valence-electron chi connectivity index (χ2n) is 11.0. The molecule has 0 radical (unpaired) electrons. The average molecular weight is 582 g/mol. The molecule has 210 valence electrons. The lowest BCUT2D eigenvalue weighted by Crippen LogP contribution is -1.92. The molecule has 0 aliphatic rings. The van der Waals surface area contributed by atoms with E-state index in [1.54, 1.807) is 24.3 Å². The van der Waals surface area contributed by atoms with Crippen LogP contribution in [0, 0.1) is 0 Å². The van der Waals surface area contributed by atoms with Crippen molar-refractivity contribution in [3.63, 3.8) is 0 Å². The monoisotopic (exact) mass is 581 g/mol. The van der Waals surface area contributed by atoms with Crippen LogP contribution in [0.5, 0.6) is 0 Å². The van der Waals surface area contributed by atoms with Crippen LogP contribution in [0.1, 0.15) is 12.3 Å². The Hall–Kier alpha value is -5.92. The summed E-state index contributed by atoms with van der Waals surface area (Å²) in [5.74, 6) is 0. The predicted octanol–water partition coefficient (Wildman–Crippen LogP) is 12.6. The van der Waals surface area contributed by atoms with Gasteiger partial charge in [-0.25, -0.2) is 0 Å². The molecule has 0 aliphatic heterocycles. The summed E-state index contributed by atoms with van der Waals surface area (Å²) in [6, 6.07) is 32.7. The van der Waals surface area contributed by atoms with Crippen LogP contribution in [0.2, 0.25) is 0 Å². The van der Waals surface area contributed by atoms with Gasteiger partial charge in [-0.05, 0) is 84.3 Å². The molecule has 0 amide bonds. The molecular weight excluding hydrogens is 544 g/mol. The van der Waals surface area contributed by atoms with E-state index in [2.05, 4.69) is 0 Å². The minimum absolute atomic E-state index is 0.139. The van der Waals surface area contributed by atoms with Gasteiger partial charge in [-0.2, -0.15) is 0 Å². The molecular formula is C44H28O. The first kappa shape index (κ1) is 18.0. The highest BCUT2D eigenvalue weighted by Gasteiger charge is 2.21. The second kappa shape index (κ2) is 10.4. The van der Waals surface area contributed by atoms with E-state index in [0.717, 1.165) is 27.6 Å². The molecule has 0 aliphatic carbocycles. The van der Waals surface area contributed by atoms with Crippen LogP contribution < -0.4 is 0 Å². The summed E-state index contributed by atoms with van der Waals surface area (Å²) >= 11 is 0. The third kappa shape index (κ3) is 4.17. The van der Waals surface area contributed by atoms with Crippen LogP contribution in [0.15, 0.2) is 174 Å². The van der Waals surface area contributed by atoms with E-state index in [4.69, 9.17) is 11.3 Å². The van der Waals surface area contributed by atoms with E-state index >= 15 is 0 Å². The minimum atomic E-state index is -0.458. The molecule has 0 spiro atoms. The van der Waals surface area contributed by atoms with Gasteiger partial charge in [-0.15, -0.1) is 0 Å². The highest BCUT2D eigenvalue weighted by molar-refractivity contribution is 6.26. The highest BCUT2D eigenvalue weighted by atomic mass is 16.3. The number of hydrogen-bond donors (Lipinski definition) is 0. The summed E-state index contributed by atoms with van der Waals surface area (Å²) in [4.78, 5) is 0. The van der Waals surface area contributed by atoms with Gasteiger partial charge in [0.1, 0.15) is 11.2 Å². The fourth-order valence-corrected chi connectivity index (χ4v) is 6.44. The lowest BCUT2D eigenvalue weighted by Gasteiger charge is -2.19. The lowest BCUT2D eigenvalue weighted by molar-refractivity contribution is 0.669. The Kier molecular flexibility index (Phi) is 4.15. The summed E-state index contributed by atoms with van der Waals surface area (Å²) in [6.07, 6.45) is 0. The molecule has 8 aromatic carbocycles. The van der Waals surface area contributed by atoms with Crippen molar-refractivity contribution < 1.29 is 16.8 Å². The van der Waals surface area contributed by atoms with Gasteiger partial charge in [0.05, 0.1) is 12.3 Å². The molecule has 0 bridgehead atoms. The Morgan fingerprint density at radius 1 is 0.378 bits per heavy atom. The molecule has 1 nitrogen and oxygen atoms in total. The van der Waals surface area contributed by atoms with Crippen molar-refractivity contribution in [2.45, 2.75) is 0 Å². The Morgan fingerprint density at radius 3 is 1.60 bits per heavy atom. The fraction of sp³-hybridized carbons (Fsp3) is 0. The zero-order chi connectivity index (χ0) is 37.6. The Balaban J connectivity index is 1.52. The zero-order valence-electron chi connectivity index (χ0n) is 32.9. The number of para-hydroxylation sites is 1. The van der Waals surface area contributed by atoms with Crippen molar-refractivity contribution in [3.05, 3.63) is 170 Å². The molecule has 0 atom stereocenters. The molecule has 0 fully saturated rings. The van der Waals surface area contributed by atoms with E-state index in [1.807, 2.05) is 91.0 Å². The lowest BCUT2D eigenvalue weighted by atomic mass is 9.84. The number of fused-ring (bicyclic) bond motifs is 5. The molecule has 0 saturated heterocycles. The Bertz CT molecular complexity index is 2930. The molecule has 9 rings (SSSR count). The second-order valence-corrected chi connectivity index (χ2v) is 11.0. The van der Waals surface area contributed by atoms with Gasteiger partial charge in [-0.1, -0.05) is 151 Å². The van der Waals surface area contributed by atoms with Crippen LogP contribution in [-0.2, 0) is 0 Å². The molecule has 45 heavy (non-hydrogen) atoms. The number of furan rings is 1. The maximum atomic E-state index is 9.46. The SMILES string of the molecule is [2H]c1ccc(-c2ccc(-c3c4c([2H])c([2H])c([2H])c([2H])c4c(-c4cc(-c5ccccc5)cc5oc6ccccc6c45)c4c([2H])c([2H])c([2H])c([2H])c34)cc2)cc1. The third-order valence-electron chi connectivity index (χ3n) is 8.46. The summed E-state index contributed by atoms with van der Waals surface area (Å²) in [6.45, 7) is 0. The first-order valence-corrected chi connectivity index (χ1v) is 14.7. The first-order chi connectivity index (χ1) is 26.0. The number of rotatable bonds is 4. The van der Waals surface area contributed by atoms with E-state index in [-0.39, 0.29) is 56.8 Å². The van der Waals surface area contributed by atoms with Crippen LogP contribution in [0.3, 0.4) is 0 Å². The van der Waals surface area contributed by atoms with Crippen molar-refractivity contribution in [3.8, 4) is 44.5 Å². The summed E-state index contributed by atoms with van der Waals surface area (Å²) < 4.78 is 87.4. The Labute approximate surface area is 274 Å². The number of hydrogen-bond acceptors (Lipinski definition) is 1. The number of benzene rings is 8. The van der Waals surface area contributed by atoms with Crippen molar-refractivity contribution >= 4 is 43.5 Å². The highest BCUT2D eigenvalue weighted by Crippen LogP contribution is 2.48. The quantitative estimate of drug-likeness (QED) is 0.188. The van der Waals surface area contributed by atoms with Crippen molar-refractivity contribution in [2.24, 2.45) is 0 Å². The van der Waals surface area contributed by atoms with Crippen LogP contribution in [0.25, 0.3) is 88.0 Å². The average Bonchev–Trinajstić information content (AvgIpc) is 3.58. The minimum Gasteiger partial charge on any atom is -0.456 e. The normalized spacial score (nSPS) is 14.4. The third-order valence-corrected chi connectivity index (χ3v) is 8.46. The standard InChI is InChI=1S/C44H28O/c1-3-13-29(14-4-1)31-23-25-32(26-24-31)42-34-17-7-9-19-36(34)43(37-20-10-8-18-35(37)42)39-27-33(30-15-5-2-6-16-30)28-41-44(39)38-21-11-12-22-40(38)45-41/h1-28H/i1D,7D,8D,9D,10D,17D,18D,19D,20D. The molecule has 1 heterocycles. The largest absolute Gasteiger partial charge is 0.456 e. The van der Waals surface area contributed by atoms with Crippen molar-refractivity contribution in [2.75, 3.05) is 0 Å². The maximum absolute atomic E-state index is 9.46. The van der Waals surface area contributed by atoms with Crippen molar-refractivity contribution in [1.29, 1.82) is 0 Å². The van der Waals surface area contributed by atoms with E-state index in [0.29, 0.717) is 33.7 Å². The summed E-state index contributed by atoms with van der Waals surface area (Å²) in [5, 5.41) is 1.98. The first-order valence-electron chi connectivity index (χ1n) is 19.2. The molecule has 1 heteroatoms. The molecule has 0 N–H and O–H groups in total. The molecule has 0 unspecified atom stereocenters. The summed E-state index contributed by atoms with van der Waals surface area (Å²) in [7, 11) is 0. The molecule has 9 aromatic rings. The smallest absolute Gasteiger partial charge is 0.136 e. The topological polar surface area (TPSA) is 13.1 Å². The van der Waals surface area contributed by atoms with Gasteiger partial charge in [-0.3, -0.25) is 0 Å². The van der Waals surface area contributed by atoms with Crippen LogP contribution >= 0.6 is 0 Å². The van der Waals surface area contributed by atoms with Gasteiger partial charge < -0.3 is 4.42 Å². The maximum Gasteiger partial charge on any atom is 0.136 e. The van der Waals surface area contributed by atoms with Gasteiger partial charge in [0, 0.05) is 10.8 Å². The molecule has 0 saturated carbocycles. The van der Waals surface area contributed by atoms with Crippen LogP contribution in [0.4, 0.5) is 0 Å². The zero-order valence-corrected chi connectivity index (χ0v) is 23.9. The summed E-state index contributed by atoms with van der Waals surface area (Å²) in [5.41, 5.74) is 6.06.